The Bertz CT molecular complexity index is 3710. The van der Waals surface area contributed by atoms with Gasteiger partial charge in [-0.25, -0.2) is 15.0 Å². The molecule has 6 aromatic carbocycles. The lowest BCUT2D eigenvalue weighted by Crippen LogP contribution is -2.14. The van der Waals surface area contributed by atoms with E-state index in [2.05, 4.69) is 146 Å². The zero-order valence-electron chi connectivity index (χ0n) is 36.6. The molecule has 13 rings (SSSR count). The number of nitrogens with zero attached hydrogens (tertiary/aromatic N) is 8. The first-order valence-corrected chi connectivity index (χ1v) is 22.4. The smallest absolute Gasteiger partial charge is 0.164 e. The highest BCUT2D eigenvalue weighted by molar-refractivity contribution is 6.13. The highest BCUT2D eigenvalue weighted by Gasteiger charge is 2.35. The molecule has 314 valence electrons. The van der Waals surface area contributed by atoms with E-state index in [-0.39, 0.29) is 5.41 Å². The molecule has 0 fully saturated rings. The molecule has 1 aliphatic rings. The molecule has 1 aliphatic carbocycles. The third kappa shape index (κ3) is 6.37. The second kappa shape index (κ2) is 15.1. The van der Waals surface area contributed by atoms with Crippen molar-refractivity contribution in [3.63, 3.8) is 0 Å². The van der Waals surface area contributed by atoms with E-state index in [4.69, 9.17) is 34.9 Å². The van der Waals surface area contributed by atoms with E-state index in [1.54, 1.807) is 6.20 Å². The van der Waals surface area contributed by atoms with Crippen LogP contribution in [-0.2, 0) is 5.41 Å². The standard InChI is InChI=1S/C59H38N8/c1-59(2)48-16-4-3-13-44(48)47-31-39(21-22-49(47)59)57-65-56(36-19-17-35(18-20-36)40-12-5-23-60-34-40)66-58(67-57)43-29-41(52-45-14-8-24-61-50(45)32-37-10-6-26-63-54(37)52)28-42(30-43)53-46-15-9-25-62-51(46)33-38-11-7-27-64-55(38)53/h3-34H,1-2H3. The zero-order valence-corrected chi connectivity index (χ0v) is 36.6. The zero-order chi connectivity index (χ0) is 44.6. The van der Waals surface area contributed by atoms with Gasteiger partial charge < -0.3 is 0 Å². The minimum absolute atomic E-state index is 0.140. The average Bonchev–Trinajstić information content (AvgIpc) is 3.62. The van der Waals surface area contributed by atoms with Crippen molar-refractivity contribution >= 4 is 43.6 Å². The molecule has 6 heterocycles. The molecule has 12 aromatic rings. The van der Waals surface area contributed by atoms with Crippen molar-refractivity contribution < 1.29 is 0 Å². The van der Waals surface area contributed by atoms with E-state index in [0.29, 0.717) is 17.5 Å². The van der Waals surface area contributed by atoms with Gasteiger partial charge in [0.2, 0.25) is 0 Å². The van der Waals surface area contributed by atoms with Gasteiger partial charge in [-0.3, -0.25) is 24.9 Å². The number of fused-ring (bicyclic) bond motifs is 7. The van der Waals surface area contributed by atoms with Crippen LogP contribution in [0.5, 0.6) is 0 Å². The van der Waals surface area contributed by atoms with Gasteiger partial charge in [0, 0.05) is 92.0 Å². The van der Waals surface area contributed by atoms with Gasteiger partial charge in [0.15, 0.2) is 17.5 Å². The van der Waals surface area contributed by atoms with Crippen LogP contribution in [0.25, 0.3) is 122 Å². The summed E-state index contributed by atoms with van der Waals surface area (Å²) in [6, 6.07) is 54.9. The minimum Gasteiger partial charge on any atom is -0.264 e. The molecule has 0 N–H and O–H groups in total. The average molecular weight is 859 g/mol. The number of benzene rings is 6. The van der Waals surface area contributed by atoms with Gasteiger partial charge in [0.1, 0.15) is 0 Å². The summed E-state index contributed by atoms with van der Waals surface area (Å²) in [6.07, 6.45) is 11.1. The van der Waals surface area contributed by atoms with Crippen LogP contribution >= 0.6 is 0 Å². The fraction of sp³-hybridized carbons (Fsp3) is 0.0508. The summed E-state index contributed by atoms with van der Waals surface area (Å²) in [6.45, 7) is 4.59. The Balaban J connectivity index is 1.09. The second-order valence-electron chi connectivity index (χ2n) is 17.6. The number of pyridine rings is 5. The van der Waals surface area contributed by atoms with Crippen LogP contribution in [0.3, 0.4) is 0 Å². The first-order chi connectivity index (χ1) is 32.9. The monoisotopic (exact) mass is 858 g/mol. The lowest BCUT2D eigenvalue weighted by Gasteiger charge is -2.21. The molecule has 0 amide bonds. The van der Waals surface area contributed by atoms with Gasteiger partial charge in [-0.05, 0) is 111 Å². The summed E-state index contributed by atoms with van der Waals surface area (Å²) in [5.41, 5.74) is 16.9. The molecular weight excluding hydrogens is 821 g/mol. The third-order valence-corrected chi connectivity index (χ3v) is 13.3. The Morgan fingerprint density at radius 2 is 0.881 bits per heavy atom. The SMILES string of the molecule is CC1(C)c2ccccc2-c2cc(-c3nc(-c4ccc(-c5cccnc5)cc4)nc(-c4cc(-c5c6cccnc6cc6cccnc56)cc(-c5c6cccnc6cc6cccnc56)c4)n3)ccc21. The van der Waals surface area contributed by atoms with E-state index in [9.17, 15) is 0 Å². The Kier molecular flexibility index (Phi) is 8.70. The molecule has 0 bridgehead atoms. The molecule has 0 atom stereocenters. The predicted molar refractivity (Wildman–Crippen MR) is 269 cm³/mol. The number of hydrogen-bond donors (Lipinski definition) is 0. The number of hydrogen-bond acceptors (Lipinski definition) is 8. The fourth-order valence-corrected chi connectivity index (χ4v) is 10.1. The molecule has 67 heavy (non-hydrogen) atoms. The Morgan fingerprint density at radius 1 is 0.358 bits per heavy atom. The highest BCUT2D eigenvalue weighted by atomic mass is 15.0. The van der Waals surface area contributed by atoms with Crippen molar-refractivity contribution in [2.45, 2.75) is 19.3 Å². The summed E-state index contributed by atoms with van der Waals surface area (Å²) >= 11 is 0. The van der Waals surface area contributed by atoms with Crippen LogP contribution in [0.1, 0.15) is 25.0 Å². The molecule has 0 saturated heterocycles. The van der Waals surface area contributed by atoms with Crippen LogP contribution in [0.2, 0.25) is 0 Å². The van der Waals surface area contributed by atoms with Gasteiger partial charge in [-0.15, -0.1) is 0 Å². The molecule has 0 unspecified atom stereocenters. The summed E-state index contributed by atoms with van der Waals surface area (Å²) in [7, 11) is 0. The van der Waals surface area contributed by atoms with E-state index in [0.717, 1.165) is 93.7 Å². The maximum atomic E-state index is 5.41. The topological polar surface area (TPSA) is 103 Å². The molecule has 0 aliphatic heterocycles. The summed E-state index contributed by atoms with van der Waals surface area (Å²) in [4.78, 5) is 40.1. The Labute approximate surface area is 385 Å². The highest BCUT2D eigenvalue weighted by Crippen LogP contribution is 2.50. The molecule has 0 spiro atoms. The Hall–Kier alpha value is -8.88. The molecule has 6 aromatic heterocycles. The third-order valence-electron chi connectivity index (χ3n) is 13.3. The van der Waals surface area contributed by atoms with Gasteiger partial charge in [-0.1, -0.05) is 105 Å². The van der Waals surface area contributed by atoms with Gasteiger partial charge in [0.05, 0.1) is 22.1 Å². The summed E-state index contributed by atoms with van der Waals surface area (Å²) in [5, 5.41) is 3.98. The quantitative estimate of drug-likeness (QED) is 0.152. The Morgan fingerprint density at radius 3 is 1.52 bits per heavy atom. The summed E-state index contributed by atoms with van der Waals surface area (Å²) in [5.74, 6) is 1.68. The van der Waals surface area contributed by atoms with Gasteiger partial charge in [0.25, 0.3) is 0 Å². The minimum atomic E-state index is -0.140. The number of rotatable bonds is 6. The fourth-order valence-electron chi connectivity index (χ4n) is 10.1. The predicted octanol–water partition coefficient (Wildman–Crippen LogP) is 13.8. The first kappa shape index (κ1) is 38.6. The van der Waals surface area contributed by atoms with Crippen molar-refractivity contribution in [2.75, 3.05) is 0 Å². The van der Waals surface area contributed by atoms with Crippen LogP contribution in [0.15, 0.2) is 195 Å². The van der Waals surface area contributed by atoms with E-state index < -0.39 is 0 Å². The molecule has 8 heteroatoms. The maximum absolute atomic E-state index is 5.41. The van der Waals surface area contributed by atoms with Crippen molar-refractivity contribution in [3.8, 4) is 78.7 Å². The van der Waals surface area contributed by atoms with Crippen LogP contribution in [-0.4, -0.2) is 39.9 Å². The molecule has 8 nitrogen and oxygen atoms in total. The first-order valence-electron chi connectivity index (χ1n) is 22.4. The van der Waals surface area contributed by atoms with Crippen LogP contribution in [0.4, 0.5) is 0 Å². The van der Waals surface area contributed by atoms with Crippen LogP contribution < -0.4 is 0 Å². The van der Waals surface area contributed by atoms with E-state index in [1.165, 1.54) is 22.3 Å². The lowest BCUT2D eigenvalue weighted by molar-refractivity contribution is 0.660. The van der Waals surface area contributed by atoms with Crippen molar-refractivity contribution in [1.29, 1.82) is 0 Å². The van der Waals surface area contributed by atoms with Gasteiger partial charge >= 0.3 is 0 Å². The van der Waals surface area contributed by atoms with Gasteiger partial charge in [-0.2, -0.15) is 0 Å². The molecule has 0 saturated carbocycles. The summed E-state index contributed by atoms with van der Waals surface area (Å²) < 4.78 is 0. The molecular formula is C59H38N8. The second-order valence-corrected chi connectivity index (χ2v) is 17.6. The van der Waals surface area contributed by atoms with Crippen LogP contribution in [0, 0.1) is 0 Å². The normalized spacial score (nSPS) is 12.7. The van der Waals surface area contributed by atoms with Crippen molar-refractivity contribution in [3.05, 3.63) is 206 Å². The van der Waals surface area contributed by atoms with Crippen molar-refractivity contribution in [2.24, 2.45) is 0 Å². The molecule has 0 radical (unpaired) electrons. The van der Waals surface area contributed by atoms with E-state index >= 15 is 0 Å². The maximum Gasteiger partial charge on any atom is 0.164 e. The lowest BCUT2D eigenvalue weighted by atomic mass is 9.82. The largest absolute Gasteiger partial charge is 0.264 e. The van der Waals surface area contributed by atoms with E-state index in [1.807, 2.05) is 61.3 Å². The number of aromatic nitrogens is 8. The van der Waals surface area contributed by atoms with Crippen molar-refractivity contribution in [1.82, 2.24) is 39.9 Å².